The second-order valence-electron chi connectivity index (χ2n) is 6.21. The monoisotopic (exact) mass is 346 g/mol. The second kappa shape index (κ2) is 6.98. The van der Waals surface area contributed by atoms with Crippen molar-refractivity contribution >= 4 is 0 Å². The molecule has 1 N–H and O–H groups in total. The van der Waals surface area contributed by atoms with E-state index >= 15 is 0 Å². The van der Waals surface area contributed by atoms with Gasteiger partial charge in [-0.2, -0.15) is 10.2 Å². The van der Waals surface area contributed by atoms with Gasteiger partial charge in [-0.1, -0.05) is 17.3 Å². The number of benzene rings is 2. The van der Waals surface area contributed by atoms with Crippen molar-refractivity contribution in [2.75, 3.05) is 13.7 Å². The lowest BCUT2D eigenvalue weighted by Gasteiger charge is -2.09. The maximum absolute atomic E-state index is 9.18. The van der Waals surface area contributed by atoms with Gasteiger partial charge in [-0.05, 0) is 55.3 Å². The second-order valence-corrected chi connectivity index (χ2v) is 6.21. The lowest BCUT2D eigenvalue weighted by atomic mass is 10.00. The summed E-state index contributed by atoms with van der Waals surface area (Å²) in [6.45, 7) is 0.985. The van der Waals surface area contributed by atoms with Crippen molar-refractivity contribution < 1.29 is 9.26 Å². The van der Waals surface area contributed by atoms with Gasteiger partial charge in [0.05, 0.1) is 24.8 Å². The standard InChI is InChI=1S/C20H18N4O2/c1-25-18-8-7-13(12-21)10-16(18)14-4-2-5-15(11-14)20-23-19(24-26-20)17-6-3-9-22-17/h2,4-5,7-8,10-11,17,22H,3,6,9H2,1H3. The van der Waals surface area contributed by atoms with Crippen molar-refractivity contribution in [2.45, 2.75) is 18.9 Å². The fraction of sp³-hybridized carbons (Fsp3) is 0.250. The summed E-state index contributed by atoms with van der Waals surface area (Å²) in [5.74, 6) is 1.90. The van der Waals surface area contributed by atoms with Crippen molar-refractivity contribution in [3.05, 3.63) is 53.9 Å². The van der Waals surface area contributed by atoms with Gasteiger partial charge in [-0.3, -0.25) is 0 Å². The highest BCUT2D eigenvalue weighted by Crippen LogP contribution is 2.33. The predicted molar refractivity (Wildman–Crippen MR) is 96.4 cm³/mol. The molecular formula is C20H18N4O2. The first kappa shape index (κ1) is 16.3. The number of methoxy groups -OCH3 is 1. The van der Waals surface area contributed by atoms with Crippen LogP contribution >= 0.6 is 0 Å². The molecule has 0 saturated carbocycles. The third kappa shape index (κ3) is 3.05. The Morgan fingerprint density at radius 1 is 1.23 bits per heavy atom. The molecule has 2 heterocycles. The van der Waals surface area contributed by atoms with Crippen molar-refractivity contribution in [3.63, 3.8) is 0 Å². The highest BCUT2D eigenvalue weighted by molar-refractivity contribution is 5.75. The molecule has 1 aliphatic heterocycles. The van der Waals surface area contributed by atoms with Gasteiger partial charge >= 0.3 is 0 Å². The zero-order chi connectivity index (χ0) is 17.9. The van der Waals surface area contributed by atoms with Crippen LogP contribution in [-0.4, -0.2) is 23.8 Å². The van der Waals surface area contributed by atoms with Crippen LogP contribution in [0.25, 0.3) is 22.6 Å². The van der Waals surface area contributed by atoms with E-state index in [9.17, 15) is 5.26 Å². The average molecular weight is 346 g/mol. The third-order valence-electron chi connectivity index (χ3n) is 4.56. The molecule has 1 fully saturated rings. The number of hydrogen-bond acceptors (Lipinski definition) is 6. The van der Waals surface area contributed by atoms with Crippen LogP contribution in [0.5, 0.6) is 5.75 Å². The Morgan fingerprint density at radius 3 is 2.88 bits per heavy atom. The Hall–Kier alpha value is -3.17. The van der Waals surface area contributed by atoms with Gasteiger partial charge in [0.15, 0.2) is 5.82 Å². The van der Waals surface area contributed by atoms with Crippen molar-refractivity contribution in [3.8, 4) is 34.4 Å². The van der Waals surface area contributed by atoms with Crippen LogP contribution < -0.4 is 10.1 Å². The van der Waals surface area contributed by atoms with Crippen molar-refractivity contribution in [2.24, 2.45) is 0 Å². The molecule has 1 aromatic heterocycles. The van der Waals surface area contributed by atoms with Crippen LogP contribution in [0.15, 0.2) is 47.0 Å². The number of nitriles is 1. The Kier molecular flexibility index (Phi) is 4.38. The van der Waals surface area contributed by atoms with E-state index in [-0.39, 0.29) is 6.04 Å². The average Bonchev–Trinajstić information content (AvgIpc) is 3.39. The summed E-state index contributed by atoms with van der Waals surface area (Å²) >= 11 is 0. The lowest BCUT2D eigenvalue weighted by molar-refractivity contribution is 0.412. The van der Waals surface area contributed by atoms with E-state index in [0.29, 0.717) is 23.0 Å². The molecule has 3 aromatic rings. The van der Waals surface area contributed by atoms with Crippen LogP contribution in [0.3, 0.4) is 0 Å². The highest BCUT2D eigenvalue weighted by Gasteiger charge is 2.22. The number of aromatic nitrogens is 2. The summed E-state index contributed by atoms with van der Waals surface area (Å²) in [7, 11) is 1.62. The molecule has 130 valence electrons. The first-order valence-corrected chi connectivity index (χ1v) is 8.54. The van der Waals surface area contributed by atoms with E-state index in [4.69, 9.17) is 9.26 Å². The van der Waals surface area contributed by atoms with Crippen LogP contribution in [0.1, 0.15) is 30.3 Å². The van der Waals surface area contributed by atoms with E-state index in [0.717, 1.165) is 36.1 Å². The maximum Gasteiger partial charge on any atom is 0.258 e. The Bertz CT molecular complexity index is 968. The molecule has 1 saturated heterocycles. The Morgan fingerprint density at radius 2 is 2.12 bits per heavy atom. The van der Waals surface area contributed by atoms with Crippen LogP contribution in [0, 0.1) is 11.3 Å². The number of hydrogen-bond donors (Lipinski definition) is 1. The van der Waals surface area contributed by atoms with E-state index in [2.05, 4.69) is 21.5 Å². The molecule has 0 radical (unpaired) electrons. The fourth-order valence-electron chi connectivity index (χ4n) is 3.22. The summed E-state index contributed by atoms with van der Waals surface area (Å²) in [6, 6.07) is 15.5. The molecule has 1 unspecified atom stereocenters. The largest absolute Gasteiger partial charge is 0.496 e. The van der Waals surface area contributed by atoms with Crippen LogP contribution in [0.4, 0.5) is 0 Å². The third-order valence-corrected chi connectivity index (χ3v) is 4.56. The Labute approximate surface area is 151 Å². The summed E-state index contributed by atoms with van der Waals surface area (Å²) in [4.78, 5) is 4.55. The smallest absolute Gasteiger partial charge is 0.258 e. The summed E-state index contributed by atoms with van der Waals surface area (Å²) < 4.78 is 10.9. The topological polar surface area (TPSA) is 84.0 Å². The van der Waals surface area contributed by atoms with Gasteiger partial charge < -0.3 is 14.6 Å². The molecule has 1 atom stereocenters. The fourth-order valence-corrected chi connectivity index (χ4v) is 3.22. The Balaban J connectivity index is 1.71. The predicted octanol–water partition coefficient (Wildman–Crippen LogP) is 3.71. The summed E-state index contributed by atoms with van der Waals surface area (Å²) in [5, 5.41) is 16.7. The van der Waals surface area contributed by atoms with Crippen LogP contribution in [-0.2, 0) is 0 Å². The number of ether oxygens (including phenoxy) is 1. The first-order chi connectivity index (χ1) is 12.8. The highest BCUT2D eigenvalue weighted by atomic mass is 16.5. The molecule has 0 spiro atoms. The number of nitrogens with zero attached hydrogens (tertiary/aromatic N) is 3. The van der Waals surface area contributed by atoms with E-state index in [1.165, 1.54) is 0 Å². The molecular weight excluding hydrogens is 328 g/mol. The van der Waals surface area contributed by atoms with Gasteiger partial charge in [-0.25, -0.2) is 0 Å². The van der Waals surface area contributed by atoms with Gasteiger partial charge in [0.25, 0.3) is 5.89 Å². The van der Waals surface area contributed by atoms with Crippen molar-refractivity contribution in [1.82, 2.24) is 15.5 Å². The molecule has 26 heavy (non-hydrogen) atoms. The van der Waals surface area contributed by atoms with Gasteiger partial charge in [0.2, 0.25) is 0 Å². The van der Waals surface area contributed by atoms with Crippen molar-refractivity contribution in [1.29, 1.82) is 5.26 Å². The summed E-state index contributed by atoms with van der Waals surface area (Å²) in [6.07, 6.45) is 2.15. The first-order valence-electron chi connectivity index (χ1n) is 8.54. The van der Waals surface area contributed by atoms with E-state index in [1.807, 2.05) is 30.3 Å². The summed E-state index contributed by atoms with van der Waals surface area (Å²) in [5.41, 5.74) is 3.20. The van der Waals surface area contributed by atoms with Gasteiger partial charge in [-0.15, -0.1) is 0 Å². The lowest BCUT2D eigenvalue weighted by Crippen LogP contribution is -2.14. The SMILES string of the molecule is COc1ccc(C#N)cc1-c1cccc(-c2nc(C3CCCN3)no2)c1. The molecule has 0 bridgehead atoms. The number of nitrogens with one attached hydrogen (secondary N) is 1. The molecule has 1 aliphatic rings. The van der Waals surface area contributed by atoms with Gasteiger partial charge in [0.1, 0.15) is 5.75 Å². The molecule has 0 amide bonds. The number of rotatable bonds is 4. The zero-order valence-electron chi connectivity index (χ0n) is 14.4. The minimum absolute atomic E-state index is 0.170. The minimum Gasteiger partial charge on any atom is -0.496 e. The molecule has 4 rings (SSSR count). The molecule has 6 heteroatoms. The van der Waals surface area contributed by atoms with E-state index < -0.39 is 0 Å². The quantitative estimate of drug-likeness (QED) is 0.775. The molecule has 2 aromatic carbocycles. The molecule has 0 aliphatic carbocycles. The minimum atomic E-state index is 0.170. The normalized spacial score (nSPS) is 16.4. The van der Waals surface area contributed by atoms with E-state index in [1.54, 1.807) is 19.2 Å². The van der Waals surface area contributed by atoms with Gasteiger partial charge in [0, 0.05) is 11.1 Å². The zero-order valence-corrected chi connectivity index (χ0v) is 14.4. The van der Waals surface area contributed by atoms with Crippen LogP contribution in [0.2, 0.25) is 0 Å². The molecule has 6 nitrogen and oxygen atoms in total. The maximum atomic E-state index is 9.18.